The summed E-state index contributed by atoms with van der Waals surface area (Å²) in [4.78, 5) is 2.55. The number of rotatable bonds is 3. The summed E-state index contributed by atoms with van der Waals surface area (Å²) in [5.41, 5.74) is 1.70. The van der Waals surface area contributed by atoms with Crippen LogP contribution in [0.25, 0.3) is 0 Å². The van der Waals surface area contributed by atoms with Crippen molar-refractivity contribution in [2.75, 3.05) is 26.7 Å². The molecule has 1 heterocycles. The summed E-state index contributed by atoms with van der Waals surface area (Å²) in [6.07, 6.45) is 1.23. The molecule has 0 radical (unpaired) electrons. The smallest absolute Gasteiger partial charge is 0.119 e. The number of nitrogens with zero attached hydrogens (tertiary/aromatic N) is 1. The molecule has 19 heavy (non-hydrogen) atoms. The highest BCUT2D eigenvalue weighted by atomic mass is 35.5. The Morgan fingerprint density at radius 2 is 2.16 bits per heavy atom. The molecule has 2 atom stereocenters. The van der Waals surface area contributed by atoms with Crippen LogP contribution in [-0.4, -0.2) is 31.6 Å². The van der Waals surface area contributed by atoms with Crippen molar-refractivity contribution in [1.82, 2.24) is 4.90 Å². The lowest BCUT2D eigenvalue weighted by Gasteiger charge is -2.45. The summed E-state index contributed by atoms with van der Waals surface area (Å²) in [5, 5.41) is 0. The Hall–Kier alpha value is -0.730. The average Bonchev–Trinajstić information content (AvgIpc) is 2.42. The van der Waals surface area contributed by atoms with Crippen LogP contribution < -0.4 is 4.74 Å². The van der Waals surface area contributed by atoms with Gasteiger partial charge in [-0.1, -0.05) is 32.9 Å². The zero-order valence-corrected chi connectivity index (χ0v) is 13.3. The first-order valence-electron chi connectivity index (χ1n) is 6.97. The molecular weight excluding hydrogens is 258 g/mol. The molecule has 0 spiro atoms. The second kappa shape index (κ2) is 6.62. The molecule has 0 aliphatic carbocycles. The first-order chi connectivity index (χ1) is 8.60. The SMILES string of the molecule is CCN1CC[C@](C)(c2cccc(OC)c2)[C@@H](C)C1.Cl. The highest BCUT2D eigenvalue weighted by Crippen LogP contribution is 2.40. The predicted molar refractivity (Wildman–Crippen MR) is 83.5 cm³/mol. The predicted octanol–water partition coefficient (Wildman–Crippen LogP) is 3.74. The molecule has 2 nitrogen and oxygen atoms in total. The molecular formula is C16H26ClNO. The highest BCUT2D eigenvalue weighted by Gasteiger charge is 2.37. The van der Waals surface area contributed by atoms with Crippen molar-refractivity contribution in [1.29, 1.82) is 0 Å². The van der Waals surface area contributed by atoms with Crippen LogP contribution in [0.5, 0.6) is 5.75 Å². The van der Waals surface area contributed by atoms with Crippen LogP contribution in [-0.2, 0) is 5.41 Å². The molecule has 1 aromatic carbocycles. The molecule has 1 fully saturated rings. The van der Waals surface area contributed by atoms with E-state index in [0.29, 0.717) is 5.92 Å². The summed E-state index contributed by atoms with van der Waals surface area (Å²) in [6, 6.07) is 8.59. The van der Waals surface area contributed by atoms with Crippen molar-refractivity contribution in [3.8, 4) is 5.75 Å². The number of likely N-dealkylation sites (tertiary alicyclic amines) is 1. The second-order valence-electron chi connectivity index (χ2n) is 5.69. The van der Waals surface area contributed by atoms with Crippen LogP contribution >= 0.6 is 12.4 Å². The van der Waals surface area contributed by atoms with Gasteiger partial charge in [0.15, 0.2) is 0 Å². The molecule has 0 unspecified atom stereocenters. The maximum absolute atomic E-state index is 5.36. The van der Waals surface area contributed by atoms with E-state index in [1.54, 1.807) is 7.11 Å². The molecule has 108 valence electrons. The molecule has 1 aliphatic rings. The molecule has 1 saturated heterocycles. The fraction of sp³-hybridized carbons (Fsp3) is 0.625. The van der Waals surface area contributed by atoms with Gasteiger partial charge in [-0.15, -0.1) is 12.4 Å². The summed E-state index contributed by atoms with van der Waals surface area (Å²) in [6.45, 7) is 10.6. The number of ether oxygens (including phenoxy) is 1. The van der Waals surface area contributed by atoms with E-state index in [1.807, 2.05) is 6.07 Å². The van der Waals surface area contributed by atoms with E-state index in [1.165, 1.54) is 31.6 Å². The van der Waals surface area contributed by atoms with E-state index in [-0.39, 0.29) is 17.8 Å². The second-order valence-corrected chi connectivity index (χ2v) is 5.69. The first kappa shape index (κ1) is 16.3. The monoisotopic (exact) mass is 283 g/mol. The van der Waals surface area contributed by atoms with E-state index >= 15 is 0 Å². The van der Waals surface area contributed by atoms with Gasteiger partial charge in [0.1, 0.15) is 5.75 Å². The van der Waals surface area contributed by atoms with E-state index in [0.717, 1.165) is 5.75 Å². The van der Waals surface area contributed by atoms with Crippen molar-refractivity contribution in [3.63, 3.8) is 0 Å². The number of hydrogen-bond acceptors (Lipinski definition) is 2. The van der Waals surface area contributed by atoms with E-state index in [2.05, 4.69) is 43.9 Å². The Kier molecular flexibility index (Phi) is 5.69. The van der Waals surface area contributed by atoms with Gasteiger partial charge in [-0.25, -0.2) is 0 Å². The normalized spacial score (nSPS) is 27.7. The topological polar surface area (TPSA) is 12.5 Å². The molecule has 0 aromatic heterocycles. The van der Waals surface area contributed by atoms with Gasteiger partial charge in [0.2, 0.25) is 0 Å². The number of methoxy groups -OCH3 is 1. The Bertz CT molecular complexity index is 409. The lowest BCUT2D eigenvalue weighted by molar-refractivity contribution is 0.116. The Balaban J connectivity index is 0.00000180. The van der Waals surface area contributed by atoms with Gasteiger partial charge in [-0.3, -0.25) is 0 Å². The summed E-state index contributed by atoms with van der Waals surface area (Å²) < 4.78 is 5.36. The van der Waals surface area contributed by atoms with Crippen LogP contribution in [0, 0.1) is 5.92 Å². The quantitative estimate of drug-likeness (QED) is 0.838. The third-order valence-corrected chi connectivity index (χ3v) is 4.74. The minimum atomic E-state index is 0. The first-order valence-corrected chi connectivity index (χ1v) is 6.97. The van der Waals surface area contributed by atoms with Crippen LogP contribution in [0.2, 0.25) is 0 Å². The molecule has 2 rings (SSSR count). The zero-order valence-electron chi connectivity index (χ0n) is 12.5. The Morgan fingerprint density at radius 3 is 2.74 bits per heavy atom. The maximum atomic E-state index is 5.36. The van der Waals surface area contributed by atoms with Crippen molar-refractivity contribution < 1.29 is 4.74 Å². The molecule has 3 heteroatoms. The van der Waals surface area contributed by atoms with Gasteiger partial charge < -0.3 is 9.64 Å². The summed E-state index contributed by atoms with van der Waals surface area (Å²) >= 11 is 0. The van der Waals surface area contributed by atoms with E-state index in [9.17, 15) is 0 Å². The number of hydrogen-bond donors (Lipinski definition) is 0. The van der Waals surface area contributed by atoms with Gasteiger partial charge in [0, 0.05) is 6.54 Å². The molecule has 1 aromatic rings. The molecule has 0 N–H and O–H groups in total. The lowest BCUT2D eigenvalue weighted by atomic mass is 9.68. The van der Waals surface area contributed by atoms with Crippen molar-refractivity contribution in [2.24, 2.45) is 5.92 Å². The summed E-state index contributed by atoms with van der Waals surface area (Å²) in [5.74, 6) is 1.65. The minimum absolute atomic E-state index is 0. The number of benzene rings is 1. The standard InChI is InChI=1S/C16H25NO.ClH/c1-5-17-10-9-16(3,13(2)12-17)14-7-6-8-15(11-14)18-4;/h6-8,11,13H,5,9-10,12H2,1-4H3;1H/t13-,16-;/m0./s1. The van der Waals surface area contributed by atoms with Crippen LogP contribution in [0.15, 0.2) is 24.3 Å². The Morgan fingerprint density at radius 1 is 1.42 bits per heavy atom. The van der Waals surface area contributed by atoms with E-state index < -0.39 is 0 Å². The van der Waals surface area contributed by atoms with Gasteiger partial charge in [-0.05, 0) is 48.5 Å². The lowest BCUT2D eigenvalue weighted by Crippen LogP contribution is -2.47. The van der Waals surface area contributed by atoms with Crippen LogP contribution in [0.4, 0.5) is 0 Å². The van der Waals surface area contributed by atoms with Crippen molar-refractivity contribution in [2.45, 2.75) is 32.6 Å². The van der Waals surface area contributed by atoms with Crippen LogP contribution in [0.3, 0.4) is 0 Å². The largest absolute Gasteiger partial charge is 0.497 e. The van der Waals surface area contributed by atoms with Gasteiger partial charge >= 0.3 is 0 Å². The third kappa shape index (κ3) is 3.24. The minimum Gasteiger partial charge on any atom is -0.497 e. The number of halogens is 1. The molecule has 0 saturated carbocycles. The van der Waals surface area contributed by atoms with Gasteiger partial charge in [0.05, 0.1) is 7.11 Å². The molecule has 0 bridgehead atoms. The molecule has 1 aliphatic heterocycles. The highest BCUT2D eigenvalue weighted by molar-refractivity contribution is 5.85. The van der Waals surface area contributed by atoms with Crippen LogP contribution in [0.1, 0.15) is 32.8 Å². The van der Waals surface area contributed by atoms with Gasteiger partial charge in [-0.2, -0.15) is 0 Å². The number of piperidine rings is 1. The average molecular weight is 284 g/mol. The van der Waals surface area contributed by atoms with E-state index in [4.69, 9.17) is 4.74 Å². The van der Waals surface area contributed by atoms with Crippen molar-refractivity contribution >= 4 is 12.4 Å². The Labute approximate surface area is 123 Å². The fourth-order valence-corrected chi connectivity index (χ4v) is 3.01. The van der Waals surface area contributed by atoms with Crippen molar-refractivity contribution in [3.05, 3.63) is 29.8 Å². The summed E-state index contributed by atoms with van der Waals surface area (Å²) in [7, 11) is 1.74. The zero-order chi connectivity index (χ0) is 13.2. The maximum Gasteiger partial charge on any atom is 0.119 e. The molecule has 0 amide bonds. The third-order valence-electron chi connectivity index (χ3n) is 4.74. The van der Waals surface area contributed by atoms with Gasteiger partial charge in [0.25, 0.3) is 0 Å². The fourth-order valence-electron chi connectivity index (χ4n) is 3.01.